The van der Waals surface area contributed by atoms with Crippen molar-refractivity contribution in [2.24, 2.45) is 0 Å². The summed E-state index contributed by atoms with van der Waals surface area (Å²) in [6.45, 7) is -0.240. The molecule has 0 fully saturated rings. The van der Waals surface area contributed by atoms with Crippen LogP contribution in [0, 0.1) is 0 Å². The Bertz CT molecular complexity index is 929. The number of rotatable bonds is 6. The quantitative estimate of drug-likeness (QED) is 0.719. The van der Waals surface area contributed by atoms with Crippen LogP contribution in [0.4, 0.5) is 5.69 Å². The summed E-state index contributed by atoms with van der Waals surface area (Å²) in [5, 5.41) is 5.08. The molecule has 0 unspecified atom stereocenters. The van der Waals surface area contributed by atoms with Crippen molar-refractivity contribution in [3.63, 3.8) is 0 Å². The lowest BCUT2D eigenvalue weighted by Crippen LogP contribution is -2.32. The summed E-state index contributed by atoms with van der Waals surface area (Å²) in [6.07, 6.45) is 0. The van der Waals surface area contributed by atoms with E-state index in [4.69, 9.17) is 0 Å². The molecule has 7 nitrogen and oxygen atoms in total. The Kier molecular flexibility index (Phi) is 6.52. The molecule has 0 aromatic heterocycles. The molecule has 0 spiro atoms. The number of nitrogens with one attached hydrogen (secondary N) is 2. The van der Waals surface area contributed by atoms with E-state index in [1.54, 1.807) is 30.3 Å². The highest BCUT2D eigenvalue weighted by atomic mass is 79.9. The number of amides is 2. The normalized spacial score (nSPS) is 11.2. The molecule has 2 aromatic rings. The Morgan fingerprint density at radius 2 is 1.77 bits per heavy atom. The lowest BCUT2D eigenvalue weighted by molar-refractivity contribution is -0.115. The SMILES string of the molecule is CN(C)S(=O)(=O)c1cccc(NC(=O)CNC(=O)c2cccc(Br)c2)c1. The Labute approximate surface area is 160 Å². The molecule has 0 aliphatic carbocycles. The summed E-state index contributed by atoms with van der Waals surface area (Å²) >= 11 is 3.28. The molecule has 2 N–H and O–H groups in total. The molecule has 2 aromatic carbocycles. The maximum atomic E-state index is 12.1. The molecular formula is C17H18BrN3O4S. The predicted octanol–water partition coefficient (Wildman–Crippen LogP) is 2.07. The van der Waals surface area contributed by atoms with Crippen LogP contribution in [0.5, 0.6) is 0 Å². The molecule has 26 heavy (non-hydrogen) atoms. The van der Waals surface area contributed by atoms with Gasteiger partial charge in [0.25, 0.3) is 5.91 Å². The van der Waals surface area contributed by atoms with Gasteiger partial charge in [-0.3, -0.25) is 9.59 Å². The molecule has 0 heterocycles. The van der Waals surface area contributed by atoms with Crippen LogP contribution in [-0.2, 0) is 14.8 Å². The van der Waals surface area contributed by atoms with Crippen LogP contribution in [0.2, 0.25) is 0 Å². The lowest BCUT2D eigenvalue weighted by Gasteiger charge is -2.13. The second kappa shape index (κ2) is 8.43. The third-order valence-electron chi connectivity index (χ3n) is 3.39. The summed E-state index contributed by atoms with van der Waals surface area (Å²) < 4.78 is 26.1. The molecule has 0 atom stereocenters. The van der Waals surface area contributed by atoms with Gasteiger partial charge >= 0.3 is 0 Å². The second-order valence-corrected chi connectivity index (χ2v) is 8.62. The van der Waals surface area contributed by atoms with Gasteiger partial charge in [-0.1, -0.05) is 28.1 Å². The lowest BCUT2D eigenvalue weighted by atomic mass is 10.2. The van der Waals surface area contributed by atoms with Gasteiger partial charge in [0.2, 0.25) is 15.9 Å². The minimum Gasteiger partial charge on any atom is -0.343 e. The van der Waals surface area contributed by atoms with Gasteiger partial charge in [0.15, 0.2) is 0 Å². The summed E-state index contributed by atoms with van der Waals surface area (Å²) in [5.74, 6) is -0.849. The Morgan fingerprint density at radius 3 is 2.42 bits per heavy atom. The number of hydrogen-bond acceptors (Lipinski definition) is 4. The van der Waals surface area contributed by atoms with Gasteiger partial charge < -0.3 is 10.6 Å². The fourth-order valence-electron chi connectivity index (χ4n) is 2.04. The highest BCUT2D eigenvalue weighted by Crippen LogP contribution is 2.18. The van der Waals surface area contributed by atoms with Gasteiger partial charge in [0.05, 0.1) is 11.4 Å². The standard InChI is InChI=1S/C17H18BrN3O4S/c1-21(2)26(24,25)15-8-4-7-14(10-15)20-16(22)11-19-17(23)12-5-3-6-13(18)9-12/h3-10H,11H2,1-2H3,(H,19,23)(H,20,22). The highest BCUT2D eigenvalue weighted by Gasteiger charge is 2.17. The van der Waals surface area contributed by atoms with Crippen LogP contribution in [0.25, 0.3) is 0 Å². The molecule has 9 heteroatoms. The van der Waals surface area contributed by atoms with E-state index >= 15 is 0 Å². The zero-order valence-electron chi connectivity index (χ0n) is 14.2. The fourth-order valence-corrected chi connectivity index (χ4v) is 3.39. The number of halogens is 1. The van der Waals surface area contributed by atoms with E-state index < -0.39 is 15.9 Å². The molecule has 138 valence electrons. The smallest absolute Gasteiger partial charge is 0.251 e. The zero-order valence-corrected chi connectivity index (χ0v) is 16.6. The number of carbonyl (C=O) groups is 2. The van der Waals surface area contributed by atoms with Gasteiger partial charge in [-0.05, 0) is 36.4 Å². The van der Waals surface area contributed by atoms with Crippen LogP contribution in [0.15, 0.2) is 57.9 Å². The first kappa shape index (κ1) is 20.1. The molecule has 0 aliphatic heterocycles. The van der Waals surface area contributed by atoms with Gasteiger partial charge in [0.1, 0.15) is 0 Å². The average molecular weight is 440 g/mol. The van der Waals surface area contributed by atoms with Crippen LogP contribution >= 0.6 is 15.9 Å². The Hall–Kier alpha value is -2.23. The van der Waals surface area contributed by atoms with E-state index in [0.717, 1.165) is 8.78 Å². The van der Waals surface area contributed by atoms with Gasteiger partial charge in [-0.2, -0.15) is 0 Å². The number of sulfonamides is 1. The molecule has 2 amide bonds. The Morgan fingerprint density at radius 1 is 1.08 bits per heavy atom. The first-order chi connectivity index (χ1) is 12.2. The summed E-state index contributed by atoms with van der Waals surface area (Å²) in [6, 6.07) is 12.7. The first-order valence-corrected chi connectivity index (χ1v) is 9.79. The zero-order chi connectivity index (χ0) is 19.3. The minimum absolute atomic E-state index is 0.0680. The van der Waals surface area contributed by atoms with E-state index in [1.165, 1.54) is 32.3 Å². The number of carbonyl (C=O) groups excluding carboxylic acids is 2. The molecule has 0 bridgehead atoms. The number of benzene rings is 2. The van der Waals surface area contributed by atoms with Crippen molar-refractivity contribution in [1.82, 2.24) is 9.62 Å². The molecular weight excluding hydrogens is 422 g/mol. The van der Waals surface area contributed by atoms with Crippen LogP contribution in [0.1, 0.15) is 10.4 Å². The van der Waals surface area contributed by atoms with E-state index in [1.807, 2.05) is 0 Å². The molecule has 0 saturated heterocycles. The van der Waals surface area contributed by atoms with E-state index in [2.05, 4.69) is 26.6 Å². The first-order valence-electron chi connectivity index (χ1n) is 7.56. The van der Waals surface area contributed by atoms with Crippen molar-refractivity contribution in [3.8, 4) is 0 Å². The van der Waals surface area contributed by atoms with Gasteiger partial charge in [0, 0.05) is 29.8 Å². The topological polar surface area (TPSA) is 95.6 Å². The van der Waals surface area contributed by atoms with Crippen molar-refractivity contribution in [2.45, 2.75) is 4.90 Å². The van der Waals surface area contributed by atoms with Crippen molar-refractivity contribution in [3.05, 3.63) is 58.6 Å². The maximum Gasteiger partial charge on any atom is 0.251 e. The highest BCUT2D eigenvalue weighted by molar-refractivity contribution is 9.10. The van der Waals surface area contributed by atoms with Crippen molar-refractivity contribution in [1.29, 1.82) is 0 Å². The molecule has 0 radical (unpaired) electrons. The summed E-state index contributed by atoms with van der Waals surface area (Å²) in [4.78, 5) is 24.1. The van der Waals surface area contributed by atoms with Crippen LogP contribution < -0.4 is 10.6 Å². The summed E-state index contributed by atoms with van der Waals surface area (Å²) in [5.41, 5.74) is 0.751. The maximum absolute atomic E-state index is 12.1. The van der Waals surface area contributed by atoms with Crippen molar-refractivity contribution in [2.75, 3.05) is 26.0 Å². The Balaban J connectivity index is 1.99. The van der Waals surface area contributed by atoms with Crippen molar-refractivity contribution < 1.29 is 18.0 Å². The molecule has 2 rings (SSSR count). The van der Waals surface area contributed by atoms with E-state index in [0.29, 0.717) is 11.3 Å². The van der Waals surface area contributed by atoms with Crippen LogP contribution in [0.3, 0.4) is 0 Å². The fraction of sp³-hybridized carbons (Fsp3) is 0.176. The van der Waals surface area contributed by atoms with Gasteiger partial charge in [-0.25, -0.2) is 12.7 Å². The number of nitrogens with zero attached hydrogens (tertiary/aromatic N) is 1. The van der Waals surface area contributed by atoms with Crippen LogP contribution in [-0.4, -0.2) is 45.2 Å². The van der Waals surface area contributed by atoms with E-state index in [9.17, 15) is 18.0 Å². The monoisotopic (exact) mass is 439 g/mol. The number of hydrogen-bond donors (Lipinski definition) is 2. The third kappa shape index (κ3) is 5.13. The second-order valence-electron chi connectivity index (χ2n) is 5.56. The molecule has 0 aliphatic rings. The number of anilines is 1. The summed E-state index contributed by atoms with van der Waals surface area (Å²) in [7, 11) is -0.736. The average Bonchev–Trinajstić information content (AvgIpc) is 2.59. The largest absolute Gasteiger partial charge is 0.343 e. The predicted molar refractivity (Wildman–Crippen MR) is 102 cm³/mol. The third-order valence-corrected chi connectivity index (χ3v) is 5.70. The molecule has 0 saturated carbocycles. The van der Waals surface area contributed by atoms with Crippen molar-refractivity contribution >= 4 is 43.5 Å². The van der Waals surface area contributed by atoms with Gasteiger partial charge in [-0.15, -0.1) is 0 Å². The van der Waals surface area contributed by atoms with E-state index in [-0.39, 0.29) is 17.3 Å². The minimum atomic E-state index is -3.59.